The smallest absolute Gasteiger partial charge is 0.141 e. The summed E-state index contributed by atoms with van der Waals surface area (Å²) in [5.74, 6) is -0.577. The van der Waals surface area contributed by atoms with E-state index in [2.05, 4.69) is 4.98 Å². The molecular formula is C13H6FN3. The van der Waals surface area contributed by atoms with Crippen molar-refractivity contribution in [2.24, 2.45) is 0 Å². The molecule has 1 aromatic carbocycles. The van der Waals surface area contributed by atoms with E-state index in [-0.39, 0.29) is 5.56 Å². The molecule has 0 amide bonds. The van der Waals surface area contributed by atoms with Gasteiger partial charge in [0.25, 0.3) is 0 Å². The van der Waals surface area contributed by atoms with E-state index in [0.29, 0.717) is 16.7 Å². The summed E-state index contributed by atoms with van der Waals surface area (Å²) in [6.07, 6.45) is 2.91. The number of pyridine rings is 1. The first kappa shape index (κ1) is 10.8. The Morgan fingerprint density at radius 2 is 1.94 bits per heavy atom. The van der Waals surface area contributed by atoms with Crippen molar-refractivity contribution < 1.29 is 4.39 Å². The number of benzene rings is 1. The molecule has 3 nitrogen and oxygen atoms in total. The molecule has 0 atom stereocenters. The highest BCUT2D eigenvalue weighted by Gasteiger charge is 2.10. The van der Waals surface area contributed by atoms with Gasteiger partial charge in [-0.15, -0.1) is 0 Å². The second kappa shape index (κ2) is 4.42. The molecule has 2 rings (SSSR count). The zero-order valence-electron chi connectivity index (χ0n) is 8.68. The van der Waals surface area contributed by atoms with Crippen LogP contribution in [0.15, 0.2) is 36.7 Å². The predicted octanol–water partition coefficient (Wildman–Crippen LogP) is 2.63. The Labute approximate surface area is 97.4 Å². The summed E-state index contributed by atoms with van der Waals surface area (Å²) in [6.45, 7) is 0. The molecule has 0 N–H and O–H groups in total. The molecule has 0 bridgehead atoms. The van der Waals surface area contributed by atoms with Gasteiger partial charge in [-0.05, 0) is 12.1 Å². The van der Waals surface area contributed by atoms with Crippen molar-refractivity contribution in [1.82, 2.24) is 4.98 Å². The van der Waals surface area contributed by atoms with Crippen molar-refractivity contribution in [1.29, 1.82) is 10.5 Å². The first-order valence-electron chi connectivity index (χ1n) is 4.80. The van der Waals surface area contributed by atoms with Crippen molar-refractivity contribution in [2.45, 2.75) is 0 Å². The maximum atomic E-state index is 13.4. The molecule has 0 fully saturated rings. The topological polar surface area (TPSA) is 60.5 Å². The van der Waals surface area contributed by atoms with Crippen molar-refractivity contribution in [3.8, 4) is 23.3 Å². The van der Waals surface area contributed by atoms with E-state index in [4.69, 9.17) is 10.5 Å². The lowest BCUT2D eigenvalue weighted by atomic mass is 10.0. The molecule has 0 saturated heterocycles. The molecule has 1 aromatic heterocycles. The Bertz CT molecular complexity index is 650. The Kier molecular flexibility index (Phi) is 2.81. The van der Waals surface area contributed by atoms with E-state index in [1.165, 1.54) is 24.5 Å². The average molecular weight is 223 g/mol. The quantitative estimate of drug-likeness (QED) is 0.746. The molecule has 1 heterocycles. The van der Waals surface area contributed by atoms with Gasteiger partial charge in [-0.25, -0.2) is 4.39 Å². The number of halogens is 1. The fourth-order valence-electron chi connectivity index (χ4n) is 1.53. The van der Waals surface area contributed by atoms with Gasteiger partial charge < -0.3 is 0 Å². The highest BCUT2D eigenvalue weighted by Crippen LogP contribution is 2.24. The van der Waals surface area contributed by atoms with Crippen molar-refractivity contribution in [2.75, 3.05) is 0 Å². The molecule has 0 aliphatic carbocycles. The number of nitriles is 2. The third-order valence-electron chi connectivity index (χ3n) is 2.30. The summed E-state index contributed by atoms with van der Waals surface area (Å²) in [5.41, 5.74) is 1.33. The average Bonchev–Trinajstić information content (AvgIpc) is 2.38. The van der Waals surface area contributed by atoms with Crippen LogP contribution in [0.25, 0.3) is 11.1 Å². The van der Waals surface area contributed by atoms with Gasteiger partial charge in [-0.1, -0.05) is 12.1 Å². The van der Waals surface area contributed by atoms with E-state index in [1.54, 1.807) is 12.1 Å². The van der Waals surface area contributed by atoms with Crippen LogP contribution in [0.3, 0.4) is 0 Å². The fraction of sp³-hybridized carbons (Fsp3) is 0. The molecule has 17 heavy (non-hydrogen) atoms. The molecule has 0 saturated carbocycles. The first-order chi connectivity index (χ1) is 8.26. The number of aromatic nitrogens is 1. The van der Waals surface area contributed by atoms with Crippen molar-refractivity contribution >= 4 is 0 Å². The predicted molar refractivity (Wildman–Crippen MR) is 59.1 cm³/mol. The van der Waals surface area contributed by atoms with Crippen LogP contribution in [-0.2, 0) is 0 Å². The summed E-state index contributed by atoms with van der Waals surface area (Å²) in [7, 11) is 0. The van der Waals surface area contributed by atoms with Gasteiger partial charge in [0.1, 0.15) is 18.0 Å². The van der Waals surface area contributed by atoms with Crippen molar-refractivity contribution in [3.63, 3.8) is 0 Å². The monoisotopic (exact) mass is 223 g/mol. The highest BCUT2D eigenvalue weighted by molar-refractivity contribution is 5.70. The molecule has 80 valence electrons. The minimum atomic E-state index is -0.577. The van der Waals surface area contributed by atoms with Gasteiger partial charge >= 0.3 is 0 Å². The Hall–Kier alpha value is -2.72. The lowest BCUT2D eigenvalue weighted by Gasteiger charge is -2.04. The SMILES string of the molecule is N#Cc1cncc(-c2cccc(F)c2C#N)c1. The Morgan fingerprint density at radius 1 is 1.12 bits per heavy atom. The van der Waals surface area contributed by atoms with Crippen molar-refractivity contribution in [3.05, 3.63) is 53.6 Å². The minimum absolute atomic E-state index is 0.0376. The zero-order chi connectivity index (χ0) is 12.3. The lowest BCUT2D eigenvalue weighted by molar-refractivity contribution is 0.624. The summed E-state index contributed by atoms with van der Waals surface area (Å²) in [5, 5.41) is 17.7. The van der Waals surface area contributed by atoms with Crippen LogP contribution in [0.2, 0.25) is 0 Å². The molecule has 2 aromatic rings. The van der Waals surface area contributed by atoms with E-state index in [0.717, 1.165) is 0 Å². The highest BCUT2D eigenvalue weighted by atomic mass is 19.1. The normalized spacial score (nSPS) is 9.35. The first-order valence-corrected chi connectivity index (χ1v) is 4.80. The van der Waals surface area contributed by atoms with Gasteiger partial charge in [-0.2, -0.15) is 10.5 Å². The van der Waals surface area contributed by atoms with Crippen LogP contribution in [0.1, 0.15) is 11.1 Å². The standard InChI is InChI=1S/C13H6FN3/c14-13-3-1-2-11(12(13)6-16)10-4-9(5-15)7-17-8-10/h1-4,7-8H. The lowest BCUT2D eigenvalue weighted by Crippen LogP contribution is -1.90. The van der Waals surface area contributed by atoms with Gasteiger partial charge in [0.15, 0.2) is 0 Å². The minimum Gasteiger partial charge on any atom is -0.263 e. The van der Waals surface area contributed by atoms with Crippen LogP contribution in [0, 0.1) is 28.5 Å². The van der Waals surface area contributed by atoms with Crippen LogP contribution >= 0.6 is 0 Å². The van der Waals surface area contributed by atoms with Gasteiger partial charge in [0.05, 0.1) is 11.1 Å². The Morgan fingerprint density at radius 3 is 2.65 bits per heavy atom. The second-order valence-corrected chi connectivity index (χ2v) is 3.35. The van der Waals surface area contributed by atoms with Gasteiger partial charge in [-0.3, -0.25) is 4.98 Å². The molecule has 4 heteroatoms. The molecule has 0 aliphatic rings. The van der Waals surface area contributed by atoms with E-state index in [1.807, 2.05) is 12.1 Å². The van der Waals surface area contributed by atoms with E-state index in [9.17, 15) is 4.39 Å². The number of nitrogens with zero attached hydrogens (tertiary/aromatic N) is 3. The molecule has 0 aliphatic heterocycles. The summed E-state index contributed by atoms with van der Waals surface area (Å²) in [6, 6.07) is 9.71. The summed E-state index contributed by atoms with van der Waals surface area (Å²) >= 11 is 0. The van der Waals surface area contributed by atoms with Crippen LogP contribution < -0.4 is 0 Å². The molecular weight excluding hydrogens is 217 g/mol. The molecule has 0 unspecified atom stereocenters. The van der Waals surface area contributed by atoms with E-state index < -0.39 is 5.82 Å². The second-order valence-electron chi connectivity index (χ2n) is 3.35. The maximum absolute atomic E-state index is 13.4. The van der Waals surface area contributed by atoms with Crippen LogP contribution in [0.5, 0.6) is 0 Å². The maximum Gasteiger partial charge on any atom is 0.141 e. The zero-order valence-corrected chi connectivity index (χ0v) is 8.68. The largest absolute Gasteiger partial charge is 0.263 e. The van der Waals surface area contributed by atoms with Gasteiger partial charge in [0.2, 0.25) is 0 Å². The van der Waals surface area contributed by atoms with E-state index >= 15 is 0 Å². The van der Waals surface area contributed by atoms with Crippen LogP contribution in [-0.4, -0.2) is 4.98 Å². The third-order valence-corrected chi connectivity index (χ3v) is 2.30. The fourth-order valence-corrected chi connectivity index (χ4v) is 1.53. The molecule has 0 radical (unpaired) electrons. The summed E-state index contributed by atoms with van der Waals surface area (Å²) < 4.78 is 13.4. The third kappa shape index (κ3) is 1.97. The number of hydrogen-bond donors (Lipinski definition) is 0. The van der Waals surface area contributed by atoms with Gasteiger partial charge in [0, 0.05) is 23.5 Å². The number of rotatable bonds is 1. The Balaban J connectivity index is 2.66. The van der Waals surface area contributed by atoms with Crippen LogP contribution in [0.4, 0.5) is 4.39 Å². The number of hydrogen-bond acceptors (Lipinski definition) is 3. The summed E-state index contributed by atoms with van der Waals surface area (Å²) in [4.78, 5) is 3.88. The molecule has 0 spiro atoms.